The van der Waals surface area contributed by atoms with Crippen molar-refractivity contribution in [2.75, 3.05) is 18.0 Å². The molecule has 118 valence electrons. The summed E-state index contributed by atoms with van der Waals surface area (Å²) < 4.78 is 39.8. The zero-order valence-electron chi connectivity index (χ0n) is 11.9. The van der Waals surface area contributed by atoms with Crippen LogP contribution in [0.5, 0.6) is 0 Å². The molecular weight excluding hydrogens is 293 g/mol. The zero-order chi connectivity index (χ0) is 15.7. The molecule has 0 radical (unpaired) electrons. The summed E-state index contributed by atoms with van der Waals surface area (Å²) in [6, 6.07) is 5.38. The first-order valence-corrected chi connectivity index (χ1v) is 7.16. The predicted molar refractivity (Wildman–Crippen MR) is 78.0 cm³/mol. The molecule has 0 bridgehead atoms. The third-order valence-electron chi connectivity index (χ3n) is 3.91. The minimum absolute atomic E-state index is 0.231. The highest BCUT2D eigenvalue weighted by atomic mass is 19.4. The van der Waals surface area contributed by atoms with E-state index >= 15 is 0 Å². The molecule has 3 rings (SSSR count). The number of hydrogen-bond acceptors (Lipinski definition) is 3. The first-order chi connectivity index (χ1) is 10.4. The molecule has 7 heteroatoms. The third kappa shape index (κ3) is 3.09. The van der Waals surface area contributed by atoms with Gasteiger partial charge < -0.3 is 10.6 Å². The lowest BCUT2D eigenvalue weighted by atomic mass is 10.1. The fourth-order valence-electron chi connectivity index (χ4n) is 2.60. The Bertz CT molecular complexity index is 642. The van der Waals surface area contributed by atoms with Gasteiger partial charge in [0.25, 0.3) is 0 Å². The largest absolute Gasteiger partial charge is 0.416 e. The number of nitrogens with two attached hydrogens (primary N) is 1. The van der Waals surface area contributed by atoms with Gasteiger partial charge in [-0.05, 0) is 31.0 Å². The van der Waals surface area contributed by atoms with E-state index < -0.39 is 11.7 Å². The second kappa shape index (κ2) is 5.64. The molecule has 2 aromatic rings. The molecule has 1 aromatic heterocycles. The maximum Gasteiger partial charge on any atom is 0.416 e. The minimum atomic E-state index is -4.35. The summed E-state index contributed by atoms with van der Waals surface area (Å²) in [6.45, 7) is 1.69. The molecular formula is C15H17F3N4. The van der Waals surface area contributed by atoms with Crippen LogP contribution in [-0.2, 0) is 6.18 Å². The van der Waals surface area contributed by atoms with Gasteiger partial charge in [-0.25, -0.2) is 4.68 Å². The molecule has 0 aliphatic carbocycles. The molecule has 1 fully saturated rings. The van der Waals surface area contributed by atoms with E-state index in [4.69, 9.17) is 5.73 Å². The van der Waals surface area contributed by atoms with E-state index in [-0.39, 0.29) is 6.04 Å². The molecule has 22 heavy (non-hydrogen) atoms. The topological polar surface area (TPSA) is 47.1 Å². The van der Waals surface area contributed by atoms with Gasteiger partial charge >= 0.3 is 6.18 Å². The van der Waals surface area contributed by atoms with Crippen LogP contribution in [0.2, 0.25) is 0 Å². The number of nitrogens with zero attached hydrogens (tertiary/aromatic N) is 3. The summed E-state index contributed by atoms with van der Waals surface area (Å²) in [5.74, 6) is 0. The first-order valence-electron chi connectivity index (χ1n) is 7.16. The Morgan fingerprint density at radius 3 is 2.55 bits per heavy atom. The molecule has 0 saturated carbocycles. The SMILES string of the molecule is NC1CCN(c2cnn(-c3cccc(C(F)(F)F)c3)c2)CC1. The van der Waals surface area contributed by atoms with E-state index in [2.05, 4.69) is 10.00 Å². The lowest BCUT2D eigenvalue weighted by Crippen LogP contribution is -2.39. The van der Waals surface area contributed by atoms with Gasteiger partial charge in [0.2, 0.25) is 0 Å². The fraction of sp³-hybridized carbons (Fsp3) is 0.400. The maximum atomic E-state index is 12.8. The van der Waals surface area contributed by atoms with Crippen LogP contribution in [0.25, 0.3) is 5.69 Å². The number of piperidine rings is 1. The summed E-state index contributed by atoms with van der Waals surface area (Å²) in [4.78, 5) is 2.15. The normalized spacial score (nSPS) is 17.0. The Labute approximate surface area is 126 Å². The van der Waals surface area contributed by atoms with Crippen molar-refractivity contribution in [3.05, 3.63) is 42.2 Å². The van der Waals surface area contributed by atoms with Crippen molar-refractivity contribution < 1.29 is 13.2 Å². The van der Waals surface area contributed by atoms with Crippen molar-refractivity contribution in [3.63, 3.8) is 0 Å². The molecule has 4 nitrogen and oxygen atoms in total. The Kier molecular flexibility index (Phi) is 3.82. The van der Waals surface area contributed by atoms with Gasteiger partial charge in [-0.3, -0.25) is 0 Å². The van der Waals surface area contributed by atoms with Crippen LogP contribution in [-0.4, -0.2) is 28.9 Å². The van der Waals surface area contributed by atoms with E-state index in [1.54, 1.807) is 18.5 Å². The smallest absolute Gasteiger partial charge is 0.369 e. The first kappa shape index (κ1) is 14.9. The van der Waals surface area contributed by atoms with Gasteiger partial charge in [0.05, 0.1) is 29.3 Å². The zero-order valence-corrected chi connectivity index (χ0v) is 11.9. The Balaban J connectivity index is 1.82. The van der Waals surface area contributed by atoms with Crippen LogP contribution < -0.4 is 10.6 Å². The monoisotopic (exact) mass is 310 g/mol. The molecule has 0 spiro atoms. The summed E-state index contributed by atoms with van der Waals surface area (Å²) >= 11 is 0. The van der Waals surface area contributed by atoms with Gasteiger partial charge in [-0.15, -0.1) is 0 Å². The van der Waals surface area contributed by atoms with Crippen LogP contribution in [0.3, 0.4) is 0 Å². The quantitative estimate of drug-likeness (QED) is 0.928. The van der Waals surface area contributed by atoms with E-state index in [0.29, 0.717) is 5.69 Å². The molecule has 0 amide bonds. The third-order valence-corrected chi connectivity index (χ3v) is 3.91. The Morgan fingerprint density at radius 2 is 1.86 bits per heavy atom. The van der Waals surface area contributed by atoms with E-state index in [0.717, 1.165) is 43.8 Å². The summed E-state index contributed by atoms with van der Waals surface area (Å²) in [7, 11) is 0. The Hall–Kier alpha value is -2.02. The fourth-order valence-corrected chi connectivity index (χ4v) is 2.60. The van der Waals surface area contributed by atoms with Gasteiger partial charge in [-0.2, -0.15) is 18.3 Å². The summed E-state index contributed by atoms with van der Waals surface area (Å²) in [5.41, 5.74) is 6.50. The standard InChI is InChI=1S/C15H17F3N4/c16-15(17,18)11-2-1-3-13(8-11)22-10-14(9-20-22)21-6-4-12(19)5-7-21/h1-3,8-10,12H,4-7,19H2. The number of aromatic nitrogens is 2. The number of benzene rings is 1. The predicted octanol–water partition coefficient (Wildman–Crippen LogP) is 2.82. The van der Waals surface area contributed by atoms with E-state index in [1.165, 1.54) is 10.7 Å². The lowest BCUT2D eigenvalue weighted by molar-refractivity contribution is -0.137. The van der Waals surface area contributed by atoms with Crippen LogP contribution in [0, 0.1) is 0 Å². The van der Waals surface area contributed by atoms with Crippen molar-refractivity contribution in [1.82, 2.24) is 9.78 Å². The molecule has 2 heterocycles. The highest BCUT2D eigenvalue weighted by Gasteiger charge is 2.30. The Morgan fingerprint density at radius 1 is 1.14 bits per heavy atom. The van der Waals surface area contributed by atoms with Crippen molar-refractivity contribution in [2.45, 2.75) is 25.1 Å². The number of rotatable bonds is 2. The van der Waals surface area contributed by atoms with Crippen LogP contribution in [0.1, 0.15) is 18.4 Å². The average Bonchev–Trinajstić information content (AvgIpc) is 2.97. The summed E-state index contributed by atoms with van der Waals surface area (Å²) in [6.07, 6.45) is 0.905. The van der Waals surface area contributed by atoms with Crippen molar-refractivity contribution in [1.29, 1.82) is 0 Å². The molecule has 1 aliphatic rings. The number of halogens is 3. The van der Waals surface area contributed by atoms with E-state index in [9.17, 15) is 13.2 Å². The van der Waals surface area contributed by atoms with Gasteiger partial charge in [0.15, 0.2) is 0 Å². The van der Waals surface area contributed by atoms with Crippen LogP contribution in [0.4, 0.5) is 18.9 Å². The average molecular weight is 310 g/mol. The highest BCUT2D eigenvalue weighted by Crippen LogP contribution is 2.30. The van der Waals surface area contributed by atoms with E-state index in [1.807, 2.05) is 0 Å². The molecule has 0 unspecified atom stereocenters. The van der Waals surface area contributed by atoms with Crippen molar-refractivity contribution in [3.8, 4) is 5.69 Å². The minimum Gasteiger partial charge on any atom is -0.369 e. The van der Waals surface area contributed by atoms with Crippen molar-refractivity contribution >= 4 is 5.69 Å². The molecule has 1 aliphatic heterocycles. The number of alkyl halides is 3. The van der Waals surface area contributed by atoms with Crippen LogP contribution >= 0.6 is 0 Å². The van der Waals surface area contributed by atoms with Gasteiger partial charge in [0, 0.05) is 19.1 Å². The molecule has 2 N–H and O–H groups in total. The molecule has 0 atom stereocenters. The summed E-state index contributed by atoms with van der Waals surface area (Å²) in [5, 5.41) is 4.18. The van der Waals surface area contributed by atoms with Crippen LogP contribution in [0.15, 0.2) is 36.7 Å². The highest BCUT2D eigenvalue weighted by molar-refractivity contribution is 5.46. The van der Waals surface area contributed by atoms with Gasteiger partial charge in [0.1, 0.15) is 0 Å². The molecule has 1 aromatic carbocycles. The maximum absolute atomic E-state index is 12.8. The van der Waals surface area contributed by atoms with Gasteiger partial charge in [-0.1, -0.05) is 6.07 Å². The van der Waals surface area contributed by atoms with Crippen molar-refractivity contribution in [2.24, 2.45) is 5.73 Å². The number of anilines is 1. The molecule has 1 saturated heterocycles. The second-order valence-electron chi connectivity index (χ2n) is 5.52. The lowest BCUT2D eigenvalue weighted by Gasteiger charge is -2.30. The number of hydrogen-bond donors (Lipinski definition) is 1. The second-order valence-corrected chi connectivity index (χ2v) is 5.52.